The van der Waals surface area contributed by atoms with E-state index in [0.717, 1.165) is 6.26 Å². The third-order valence-electron chi connectivity index (χ3n) is 3.45. The Hall–Kier alpha value is -2.35. The lowest BCUT2D eigenvalue weighted by Crippen LogP contribution is -2.41. The molecule has 2 aromatic heterocycles. The largest absolute Gasteiger partial charge is 0.463 e. The number of aromatic amines is 1. The molecule has 0 bridgehead atoms. The molecule has 0 saturated heterocycles. The number of carbonyl (C=O) groups excluding carboxylic acids is 1. The summed E-state index contributed by atoms with van der Waals surface area (Å²) >= 11 is 0. The van der Waals surface area contributed by atoms with E-state index in [-0.39, 0.29) is 11.3 Å². The Morgan fingerprint density at radius 2 is 2.04 bits per heavy atom. The molecular weight excluding hydrogens is 320 g/mol. The Balaban J connectivity index is 2.24. The van der Waals surface area contributed by atoms with Crippen molar-refractivity contribution in [3.8, 4) is 11.5 Å². The molecule has 8 heteroatoms. The Bertz CT molecular complexity index is 852. The second kappa shape index (κ2) is 6.41. The van der Waals surface area contributed by atoms with Gasteiger partial charge in [-0.1, -0.05) is 0 Å². The number of aromatic nitrogens is 1. The van der Waals surface area contributed by atoms with E-state index in [1.165, 1.54) is 24.3 Å². The number of carbonyl (C=O) groups is 1. The van der Waals surface area contributed by atoms with Crippen molar-refractivity contribution in [3.63, 3.8) is 0 Å². The molecule has 1 amide bonds. The van der Waals surface area contributed by atoms with Crippen molar-refractivity contribution in [1.82, 2.24) is 9.88 Å². The van der Waals surface area contributed by atoms with Gasteiger partial charge in [0.05, 0.1) is 17.7 Å². The predicted molar refractivity (Wildman–Crippen MR) is 86.0 cm³/mol. The number of pyridine rings is 1. The highest BCUT2D eigenvalue weighted by Crippen LogP contribution is 2.16. The first-order valence-corrected chi connectivity index (χ1v) is 8.97. The number of nitrogens with one attached hydrogen (secondary N) is 1. The van der Waals surface area contributed by atoms with E-state index in [9.17, 15) is 18.0 Å². The third-order valence-corrected chi connectivity index (χ3v) is 4.54. The van der Waals surface area contributed by atoms with E-state index in [1.54, 1.807) is 25.1 Å². The number of H-pyrrole nitrogens is 1. The van der Waals surface area contributed by atoms with Crippen LogP contribution in [0.5, 0.6) is 0 Å². The quantitative estimate of drug-likeness (QED) is 0.881. The number of rotatable bonds is 5. The topological polar surface area (TPSA) is 100 Å². The van der Waals surface area contributed by atoms with E-state index in [4.69, 9.17) is 4.42 Å². The molecule has 1 unspecified atom stereocenters. The van der Waals surface area contributed by atoms with Gasteiger partial charge < -0.3 is 14.3 Å². The van der Waals surface area contributed by atoms with Crippen LogP contribution in [0.15, 0.2) is 39.7 Å². The van der Waals surface area contributed by atoms with Gasteiger partial charge in [0.25, 0.3) is 11.5 Å². The van der Waals surface area contributed by atoms with Crippen molar-refractivity contribution in [1.29, 1.82) is 0 Å². The van der Waals surface area contributed by atoms with E-state index >= 15 is 0 Å². The molecule has 0 aliphatic carbocycles. The maximum absolute atomic E-state index is 12.4. The minimum absolute atomic E-state index is 0.0526. The minimum Gasteiger partial charge on any atom is -0.463 e. The highest BCUT2D eigenvalue weighted by atomic mass is 32.2. The maximum Gasteiger partial charge on any atom is 0.261 e. The van der Waals surface area contributed by atoms with E-state index in [2.05, 4.69) is 4.98 Å². The molecule has 1 atom stereocenters. The van der Waals surface area contributed by atoms with Crippen molar-refractivity contribution >= 4 is 15.7 Å². The van der Waals surface area contributed by atoms with Crippen LogP contribution in [0.1, 0.15) is 17.3 Å². The van der Waals surface area contributed by atoms with Crippen LogP contribution in [0.3, 0.4) is 0 Å². The highest BCUT2D eigenvalue weighted by molar-refractivity contribution is 7.90. The van der Waals surface area contributed by atoms with Gasteiger partial charge in [-0.3, -0.25) is 9.59 Å². The van der Waals surface area contributed by atoms with Crippen LogP contribution >= 0.6 is 0 Å². The van der Waals surface area contributed by atoms with Crippen molar-refractivity contribution in [2.45, 2.75) is 13.0 Å². The van der Waals surface area contributed by atoms with Gasteiger partial charge in [-0.2, -0.15) is 0 Å². The lowest BCUT2D eigenvalue weighted by Gasteiger charge is -2.24. The fourth-order valence-electron chi connectivity index (χ4n) is 2.16. The molecule has 2 heterocycles. The van der Waals surface area contributed by atoms with Gasteiger partial charge in [0.15, 0.2) is 0 Å². The fourth-order valence-corrected chi connectivity index (χ4v) is 3.26. The fraction of sp³-hybridized carbons (Fsp3) is 0.333. The molecule has 1 N–H and O–H groups in total. The SMILES string of the molecule is CC(CS(C)(=O)=O)N(C)C(=O)c1ccc(-c2ccco2)[nH]c1=O. The average molecular weight is 338 g/mol. The first-order valence-electron chi connectivity index (χ1n) is 6.91. The van der Waals surface area contributed by atoms with E-state index in [0.29, 0.717) is 11.5 Å². The summed E-state index contributed by atoms with van der Waals surface area (Å²) in [6.07, 6.45) is 2.58. The Morgan fingerprint density at radius 3 is 2.57 bits per heavy atom. The predicted octanol–water partition coefficient (Wildman–Crippen LogP) is 1.14. The molecule has 0 aliphatic rings. The summed E-state index contributed by atoms with van der Waals surface area (Å²) in [5.74, 6) is -0.217. The summed E-state index contributed by atoms with van der Waals surface area (Å²) in [6, 6.07) is 5.81. The van der Waals surface area contributed by atoms with Gasteiger partial charge in [0, 0.05) is 19.3 Å². The minimum atomic E-state index is -3.22. The van der Waals surface area contributed by atoms with Gasteiger partial charge in [-0.15, -0.1) is 0 Å². The van der Waals surface area contributed by atoms with Crippen molar-refractivity contribution in [2.24, 2.45) is 0 Å². The van der Waals surface area contributed by atoms with Crippen LogP contribution in [0.4, 0.5) is 0 Å². The first-order chi connectivity index (χ1) is 10.7. The summed E-state index contributed by atoms with van der Waals surface area (Å²) in [5, 5.41) is 0. The molecule has 2 rings (SSSR count). The summed E-state index contributed by atoms with van der Waals surface area (Å²) in [5.41, 5.74) is -0.145. The third kappa shape index (κ3) is 4.10. The Kier molecular flexibility index (Phi) is 4.74. The van der Waals surface area contributed by atoms with Crippen LogP contribution in [0.25, 0.3) is 11.5 Å². The molecule has 2 aromatic rings. The maximum atomic E-state index is 12.4. The molecule has 0 fully saturated rings. The molecule has 23 heavy (non-hydrogen) atoms. The molecule has 0 aliphatic heterocycles. The molecule has 0 radical (unpaired) electrons. The zero-order chi connectivity index (χ0) is 17.2. The Morgan fingerprint density at radius 1 is 1.35 bits per heavy atom. The molecule has 124 valence electrons. The van der Waals surface area contributed by atoms with Crippen molar-refractivity contribution < 1.29 is 17.6 Å². The normalized spacial score (nSPS) is 12.8. The van der Waals surface area contributed by atoms with Crippen molar-refractivity contribution in [2.75, 3.05) is 19.1 Å². The number of nitrogens with zero attached hydrogens (tertiary/aromatic N) is 1. The highest BCUT2D eigenvalue weighted by Gasteiger charge is 2.23. The van der Waals surface area contributed by atoms with Gasteiger partial charge in [-0.05, 0) is 31.2 Å². The van der Waals surface area contributed by atoms with Crippen LogP contribution < -0.4 is 5.56 Å². The van der Waals surface area contributed by atoms with Crippen LogP contribution in [0.2, 0.25) is 0 Å². The van der Waals surface area contributed by atoms with Crippen LogP contribution in [0, 0.1) is 0 Å². The molecular formula is C15H18N2O5S. The van der Waals surface area contributed by atoms with Gasteiger partial charge >= 0.3 is 0 Å². The number of hydrogen-bond acceptors (Lipinski definition) is 5. The van der Waals surface area contributed by atoms with Gasteiger partial charge in [0.1, 0.15) is 21.2 Å². The van der Waals surface area contributed by atoms with Gasteiger partial charge in [-0.25, -0.2) is 8.42 Å². The lowest BCUT2D eigenvalue weighted by atomic mass is 10.2. The molecule has 0 spiro atoms. The summed E-state index contributed by atoms with van der Waals surface area (Å²) in [4.78, 5) is 28.3. The second-order valence-electron chi connectivity index (χ2n) is 5.45. The van der Waals surface area contributed by atoms with E-state index in [1.807, 2.05) is 0 Å². The molecule has 7 nitrogen and oxygen atoms in total. The lowest BCUT2D eigenvalue weighted by molar-refractivity contribution is 0.0755. The molecule has 0 saturated carbocycles. The standard InChI is InChI=1S/C15H18N2O5S/c1-10(9-23(3,20)21)17(2)15(19)11-6-7-12(16-14(11)18)13-5-4-8-22-13/h4-8,10H,9H2,1-3H3,(H,16,18). The first kappa shape index (κ1) is 17.0. The average Bonchev–Trinajstić information content (AvgIpc) is 2.98. The zero-order valence-corrected chi connectivity index (χ0v) is 13.9. The van der Waals surface area contributed by atoms with E-state index < -0.39 is 27.3 Å². The number of sulfone groups is 1. The summed E-state index contributed by atoms with van der Waals surface area (Å²) in [6.45, 7) is 1.62. The zero-order valence-electron chi connectivity index (χ0n) is 13.1. The smallest absolute Gasteiger partial charge is 0.261 e. The summed E-state index contributed by atoms with van der Waals surface area (Å²) in [7, 11) is -1.75. The second-order valence-corrected chi connectivity index (χ2v) is 7.63. The molecule has 0 aromatic carbocycles. The number of furan rings is 1. The van der Waals surface area contributed by atoms with Crippen molar-refractivity contribution in [3.05, 3.63) is 46.4 Å². The Labute approximate surface area is 133 Å². The number of amides is 1. The monoisotopic (exact) mass is 338 g/mol. The van der Waals surface area contributed by atoms with Crippen LogP contribution in [-0.2, 0) is 9.84 Å². The van der Waals surface area contributed by atoms with Gasteiger partial charge in [0.2, 0.25) is 0 Å². The van der Waals surface area contributed by atoms with Crippen LogP contribution in [-0.4, -0.2) is 49.3 Å². The summed E-state index contributed by atoms with van der Waals surface area (Å²) < 4.78 is 27.8. The number of hydrogen-bond donors (Lipinski definition) is 1.